The van der Waals surface area contributed by atoms with Crippen molar-refractivity contribution in [3.05, 3.63) is 30.2 Å². The van der Waals surface area contributed by atoms with E-state index in [9.17, 15) is 13.2 Å². The number of hydrogen-bond donors (Lipinski definition) is 1. The first kappa shape index (κ1) is 19.7. The standard InChI is InChI=1S/C18H19F3N6OS/c1-11-26-17(10-28-11)4-7-27(8-5-17)13-9-24-16(15(22)25-13)29-12-3-2-6-23-14(12)18(19,20)21/h2-3,6,9H,4-5,7-8,10H2,1H3,(H2,22,25). The second kappa shape index (κ2) is 7.36. The molecule has 11 heteroatoms. The molecule has 0 atom stereocenters. The van der Waals surface area contributed by atoms with Crippen LogP contribution in [0, 0.1) is 0 Å². The minimum atomic E-state index is -4.56. The van der Waals surface area contributed by atoms with Crippen molar-refractivity contribution in [3.63, 3.8) is 0 Å². The minimum Gasteiger partial charge on any atom is -0.479 e. The first-order valence-electron chi connectivity index (χ1n) is 9.03. The molecule has 2 aromatic heterocycles. The van der Waals surface area contributed by atoms with Gasteiger partial charge in [-0.25, -0.2) is 15.0 Å². The number of alkyl halides is 3. The Morgan fingerprint density at radius 2 is 2.00 bits per heavy atom. The summed E-state index contributed by atoms with van der Waals surface area (Å²) < 4.78 is 44.9. The summed E-state index contributed by atoms with van der Waals surface area (Å²) >= 11 is 0.805. The van der Waals surface area contributed by atoms with Crippen LogP contribution in [-0.2, 0) is 10.9 Å². The molecule has 29 heavy (non-hydrogen) atoms. The van der Waals surface area contributed by atoms with Crippen molar-refractivity contribution in [1.29, 1.82) is 0 Å². The van der Waals surface area contributed by atoms with E-state index in [0.717, 1.165) is 49.8 Å². The van der Waals surface area contributed by atoms with Gasteiger partial charge in [-0.05, 0) is 25.0 Å². The van der Waals surface area contributed by atoms with Crippen LogP contribution in [0.25, 0.3) is 0 Å². The Bertz CT molecular complexity index is 943. The zero-order valence-electron chi connectivity index (χ0n) is 15.6. The van der Waals surface area contributed by atoms with Crippen LogP contribution in [0.1, 0.15) is 25.5 Å². The quantitative estimate of drug-likeness (QED) is 0.808. The maximum Gasteiger partial charge on any atom is 0.434 e. The summed E-state index contributed by atoms with van der Waals surface area (Å²) in [6.45, 7) is 3.90. The van der Waals surface area contributed by atoms with Gasteiger partial charge in [-0.1, -0.05) is 11.8 Å². The number of anilines is 2. The lowest BCUT2D eigenvalue weighted by atomic mass is 9.89. The van der Waals surface area contributed by atoms with Crippen LogP contribution in [0.3, 0.4) is 0 Å². The number of ether oxygens (including phenoxy) is 1. The van der Waals surface area contributed by atoms with Gasteiger partial charge in [0.1, 0.15) is 23.0 Å². The van der Waals surface area contributed by atoms with E-state index < -0.39 is 11.9 Å². The number of piperidine rings is 1. The molecule has 1 fully saturated rings. The van der Waals surface area contributed by atoms with Gasteiger partial charge in [0, 0.05) is 31.1 Å². The van der Waals surface area contributed by atoms with Crippen LogP contribution in [0.2, 0.25) is 0 Å². The molecule has 1 spiro atoms. The number of aromatic nitrogens is 3. The molecule has 2 aromatic rings. The first-order valence-corrected chi connectivity index (χ1v) is 9.84. The molecule has 7 nitrogen and oxygen atoms in total. The highest BCUT2D eigenvalue weighted by Gasteiger charge is 2.39. The zero-order valence-corrected chi connectivity index (χ0v) is 16.4. The van der Waals surface area contributed by atoms with Gasteiger partial charge in [0.15, 0.2) is 17.4 Å². The third-order valence-electron chi connectivity index (χ3n) is 4.96. The second-order valence-corrected chi connectivity index (χ2v) is 8.03. The molecule has 0 aromatic carbocycles. The van der Waals surface area contributed by atoms with Gasteiger partial charge in [-0.3, -0.25) is 4.98 Å². The van der Waals surface area contributed by atoms with E-state index in [1.165, 1.54) is 12.1 Å². The number of pyridine rings is 1. The van der Waals surface area contributed by atoms with E-state index in [1.54, 1.807) is 6.20 Å². The van der Waals surface area contributed by atoms with E-state index in [0.29, 0.717) is 12.4 Å². The molecule has 0 amide bonds. The SMILES string of the molecule is CC1=NC2(CCN(c3cnc(Sc4cccnc4C(F)(F)F)c(N)n3)CC2)CO1. The molecular formula is C18H19F3N6OS. The van der Waals surface area contributed by atoms with Gasteiger partial charge in [-0.15, -0.1) is 0 Å². The molecule has 4 rings (SSSR count). The Morgan fingerprint density at radius 1 is 1.24 bits per heavy atom. The first-order chi connectivity index (χ1) is 13.8. The second-order valence-electron chi connectivity index (χ2n) is 7.00. The molecule has 0 bridgehead atoms. The van der Waals surface area contributed by atoms with Crippen molar-refractivity contribution < 1.29 is 17.9 Å². The van der Waals surface area contributed by atoms with Crippen molar-refractivity contribution in [2.45, 2.75) is 41.4 Å². The Balaban J connectivity index is 1.49. The molecule has 0 unspecified atom stereocenters. The lowest BCUT2D eigenvalue weighted by Gasteiger charge is -2.36. The fourth-order valence-electron chi connectivity index (χ4n) is 3.45. The fraction of sp³-hybridized carbons (Fsp3) is 0.444. The van der Waals surface area contributed by atoms with E-state index in [2.05, 4.69) is 24.8 Å². The topological polar surface area (TPSA) is 89.5 Å². The Hall–Kier alpha value is -2.56. The van der Waals surface area contributed by atoms with Gasteiger partial charge < -0.3 is 15.4 Å². The summed E-state index contributed by atoms with van der Waals surface area (Å²) in [5.41, 5.74) is 4.87. The molecule has 0 radical (unpaired) electrons. The largest absolute Gasteiger partial charge is 0.479 e. The van der Waals surface area contributed by atoms with Gasteiger partial charge in [0.25, 0.3) is 0 Å². The Morgan fingerprint density at radius 3 is 2.62 bits per heavy atom. The Labute approximate surface area is 169 Å². The maximum absolute atomic E-state index is 13.1. The van der Waals surface area contributed by atoms with Gasteiger partial charge >= 0.3 is 6.18 Å². The van der Waals surface area contributed by atoms with E-state index in [-0.39, 0.29) is 21.3 Å². The summed E-state index contributed by atoms with van der Waals surface area (Å²) in [5, 5.41) is 0.213. The number of halogens is 3. The van der Waals surface area contributed by atoms with Crippen LogP contribution in [0.5, 0.6) is 0 Å². The highest BCUT2D eigenvalue weighted by molar-refractivity contribution is 7.99. The predicted molar refractivity (Wildman–Crippen MR) is 103 cm³/mol. The van der Waals surface area contributed by atoms with Gasteiger partial charge in [-0.2, -0.15) is 13.2 Å². The van der Waals surface area contributed by atoms with E-state index >= 15 is 0 Å². The van der Waals surface area contributed by atoms with Crippen molar-refractivity contribution in [1.82, 2.24) is 15.0 Å². The Kier molecular flexibility index (Phi) is 5.01. The number of rotatable bonds is 3. The van der Waals surface area contributed by atoms with Crippen LogP contribution in [0.4, 0.5) is 24.8 Å². The fourth-order valence-corrected chi connectivity index (χ4v) is 4.32. The van der Waals surface area contributed by atoms with Crippen LogP contribution in [0.15, 0.2) is 39.4 Å². The van der Waals surface area contributed by atoms with Crippen molar-refractivity contribution >= 4 is 29.3 Å². The van der Waals surface area contributed by atoms with E-state index in [4.69, 9.17) is 10.5 Å². The van der Waals surface area contributed by atoms with Crippen molar-refractivity contribution in [2.75, 3.05) is 30.3 Å². The number of hydrogen-bond acceptors (Lipinski definition) is 8. The average Bonchev–Trinajstić information content (AvgIpc) is 3.04. The molecule has 2 N–H and O–H groups in total. The third-order valence-corrected chi connectivity index (χ3v) is 6.02. The lowest BCUT2D eigenvalue weighted by molar-refractivity contribution is -0.143. The number of nitrogen functional groups attached to an aromatic ring is 1. The van der Waals surface area contributed by atoms with Crippen LogP contribution in [-0.4, -0.2) is 46.1 Å². The molecule has 2 aliphatic heterocycles. The van der Waals surface area contributed by atoms with Crippen LogP contribution < -0.4 is 10.6 Å². The zero-order chi connectivity index (χ0) is 20.6. The summed E-state index contributed by atoms with van der Waals surface area (Å²) in [5.74, 6) is 1.41. The lowest BCUT2D eigenvalue weighted by Crippen LogP contribution is -2.44. The molecule has 0 aliphatic carbocycles. The highest BCUT2D eigenvalue weighted by Crippen LogP contribution is 2.39. The summed E-state index contributed by atoms with van der Waals surface area (Å²) in [6.07, 6.45) is -0.255. The number of nitrogens with zero attached hydrogens (tertiary/aromatic N) is 5. The maximum atomic E-state index is 13.1. The number of nitrogens with two attached hydrogens (primary N) is 1. The molecule has 154 valence electrons. The van der Waals surface area contributed by atoms with Crippen LogP contribution >= 0.6 is 11.8 Å². The molecular weight excluding hydrogens is 405 g/mol. The smallest absolute Gasteiger partial charge is 0.434 e. The molecule has 1 saturated heterocycles. The summed E-state index contributed by atoms with van der Waals surface area (Å²) in [7, 11) is 0. The highest BCUT2D eigenvalue weighted by atomic mass is 32.2. The van der Waals surface area contributed by atoms with Gasteiger partial charge in [0.05, 0.1) is 6.20 Å². The average molecular weight is 424 g/mol. The summed E-state index contributed by atoms with van der Waals surface area (Å²) in [6, 6.07) is 2.78. The van der Waals surface area contributed by atoms with Crippen molar-refractivity contribution in [2.24, 2.45) is 4.99 Å². The number of aliphatic imine (C=N–C) groups is 1. The normalized spacial score (nSPS) is 18.6. The monoisotopic (exact) mass is 424 g/mol. The molecule has 0 saturated carbocycles. The molecule has 2 aliphatic rings. The van der Waals surface area contributed by atoms with Gasteiger partial charge in [0.2, 0.25) is 0 Å². The van der Waals surface area contributed by atoms with Crippen molar-refractivity contribution in [3.8, 4) is 0 Å². The minimum absolute atomic E-state index is 0.0665. The predicted octanol–water partition coefficient (Wildman–Crippen LogP) is 3.41. The van der Waals surface area contributed by atoms with E-state index in [1.807, 2.05) is 6.92 Å². The molecule has 4 heterocycles. The summed E-state index contributed by atoms with van der Waals surface area (Å²) in [4.78, 5) is 18.7. The third kappa shape index (κ3) is 4.09.